The molecule has 0 atom stereocenters. The lowest BCUT2D eigenvalue weighted by Crippen LogP contribution is -2.38. The number of hydrogen-bond acceptors (Lipinski definition) is 7. The van der Waals surface area contributed by atoms with Crippen molar-refractivity contribution >= 4 is 11.6 Å². The molecule has 3 heterocycles. The molecule has 0 saturated carbocycles. The van der Waals surface area contributed by atoms with Crippen molar-refractivity contribution in [3.63, 3.8) is 0 Å². The molecule has 0 aromatic carbocycles. The molecule has 10 heteroatoms. The van der Waals surface area contributed by atoms with E-state index in [0.717, 1.165) is 17.5 Å². The molecule has 8 nitrogen and oxygen atoms in total. The van der Waals surface area contributed by atoms with E-state index in [9.17, 15) is 13.6 Å². The van der Waals surface area contributed by atoms with Crippen LogP contribution in [0.3, 0.4) is 0 Å². The van der Waals surface area contributed by atoms with Crippen LogP contribution in [0.25, 0.3) is 0 Å². The zero-order valence-corrected chi connectivity index (χ0v) is 18.2. The maximum absolute atomic E-state index is 12.7. The molecule has 1 amide bonds. The number of allylic oxidation sites excluding steroid dienone is 1. The van der Waals surface area contributed by atoms with Crippen LogP contribution in [0.15, 0.2) is 47.1 Å². The topological polar surface area (TPSA) is 104 Å². The second-order valence-corrected chi connectivity index (χ2v) is 7.82. The number of nitrogens with zero attached hydrogens (tertiary/aromatic N) is 4. The molecule has 2 aromatic rings. The quantitative estimate of drug-likeness (QED) is 0.574. The van der Waals surface area contributed by atoms with Gasteiger partial charge in [-0.15, -0.1) is 0 Å². The van der Waals surface area contributed by atoms with E-state index in [1.165, 1.54) is 18.3 Å². The van der Waals surface area contributed by atoms with E-state index in [4.69, 9.17) is 10.3 Å². The lowest BCUT2D eigenvalue weighted by molar-refractivity contribution is -0.135. The molecule has 2 aromatic heterocycles. The Morgan fingerprint density at radius 1 is 1.28 bits per heavy atom. The van der Waals surface area contributed by atoms with Crippen LogP contribution >= 0.6 is 0 Å². The van der Waals surface area contributed by atoms with Gasteiger partial charge in [-0.3, -0.25) is 9.78 Å². The highest BCUT2D eigenvalue weighted by molar-refractivity contribution is 5.78. The molecule has 32 heavy (non-hydrogen) atoms. The Balaban J connectivity index is 1.67. The number of nitrogens with one attached hydrogen (secondary N) is 2. The van der Waals surface area contributed by atoms with E-state index in [1.54, 1.807) is 13.1 Å². The molecule has 0 fully saturated rings. The number of rotatable bonds is 8. The van der Waals surface area contributed by atoms with E-state index in [0.29, 0.717) is 36.1 Å². The highest BCUT2D eigenvalue weighted by Gasteiger charge is 2.23. The maximum Gasteiger partial charge on any atom is 0.280 e. The molecule has 1 aliphatic rings. The van der Waals surface area contributed by atoms with E-state index in [-0.39, 0.29) is 24.1 Å². The van der Waals surface area contributed by atoms with Crippen LogP contribution in [0, 0.1) is 11.4 Å². The van der Waals surface area contributed by atoms with Gasteiger partial charge in [-0.05, 0) is 36.6 Å². The third-order valence-corrected chi connectivity index (χ3v) is 5.15. The number of fused-ring (bicyclic) bond motifs is 1. The highest BCUT2D eigenvalue weighted by Crippen LogP contribution is 2.24. The zero-order valence-electron chi connectivity index (χ0n) is 18.2. The average molecular weight is 444 g/mol. The van der Waals surface area contributed by atoms with Crippen molar-refractivity contribution in [1.82, 2.24) is 14.9 Å². The molecule has 3 rings (SSSR count). The molecule has 0 aliphatic carbocycles. The predicted octanol–water partition coefficient (Wildman–Crippen LogP) is 4.71. The fraction of sp³-hybridized carbons (Fsp3) is 0.409. The van der Waals surface area contributed by atoms with Crippen LogP contribution in [0.1, 0.15) is 44.0 Å². The summed E-state index contributed by atoms with van der Waals surface area (Å²) in [5.74, 6) is 0.496. The van der Waals surface area contributed by atoms with Crippen molar-refractivity contribution in [2.75, 3.05) is 18.5 Å². The number of hydrogen-bond donors (Lipinski definition) is 2. The smallest absolute Gasteiger partial charge is 0.280 e. The Morgan fingerprint density at radius 2 is 2.06 bits per heavy atom. The minimum atomic E-state index is -2.64. The first kappa shape index (κ1) is 23.2. The van der Waals surface area contributed by atoms with Crippen molar-refractivity contribution in [3.8, 4) is 5.88 Å². The fourth-order valence-electron chi connectivity index (χ4n) is 3.28. The van der Waals surface area contributed by atoms with Gasteiger partial charge in [-0.1, -0.05) is 13.8 Å². The van der Waals surface area contributed by atoms with Crippen molar-refractivity contribution in [2.24, 2.45) is 11.0 Å². The molecular weight excluding hydrogens is 418 g/mol. The van der Waals surface area contributed by atoms with Crippen LogP contribution in [0.2, 0.25) is 0 Å². The zero-order chi connectivity index (χ0) is 23.3. The summed E-state index contributed by atoms with van der Waals surface area (Å²) in [6, 6.07) is 4.57. The molecule has 0 unspecified atom stereocenters. The van der Waals surface area contributed by atoms with Gasteiger partial charge >= 0.3 is 0 Å². The van der Waals surface area contributed by atoms with Gasteiger partial charge < -0.3 is 15.0 Å². The molecule has 0 bridgehead atoms. The molecule has 0 spiro atoms. The standard InChI is InChI=1S/C22H26F2N6O2/c1-13(2)22(31)30-7-6-15-8-20(27-9-16(15)11-30)32-12-19(14(3)29-25)28-17-4-5-18(21(23)24)26-10-17/h4-5,8-10,13,21,25,28H,6-7,11-12H2,1-3H3/b19-14-,29-25?. The first-order chi connectivity index (χ1) is 15.3. The Hall–Kier alpha value is -3.43. The lowest BCUT2D eigenvalue weighted by atomic mass is 10.0. The highest BCUT2D eigenvalue weighted by atomic mass is 19.3. The van der Waals surface area contributed by atoms with Crippen LogP contribution in [0.5, 0.6) is 5.88 Å². The molecule has 0 radical (unpaired) electrons. The minimum absolute atomic E-state index is 0.0442. The number of pyridine rings is 2. The van der Waals surface area contributed by atoms with Crippen LogP contribution in [-0.2, 0) is 17.8 Å². The van der Waals surface area contributed by atoms with Crippen molar-refractivity contribution in [3.05, 3.63) is 58.8 Å². The van der Waals surface area contributed by atoms with Crippen LogP contribution < -0.4 is 10.1 Å². The summed E-state index contributed by atoms with van der Waals surface area (Å²) >= 11 is 0. The molecular formula is C22H26F2N6O2. The van der Waals surface area contributed by atoms with Crippen molar-refractivity contribution in [1.29, 1.82) is 5.53 Å². The van der Waals surface area contributed by atoms with Gasteiger partial charge in [0, 0.05) is 31.3 Å². The van der Waals surface area contributed by atoms with Gasteiger partial charge in [0.2, 0.25) is 11.8 Å². The molecule has 170 valence electrons. The number of carbonyl (C=O) groups excluding carboxylic acids is 1. The number of alkyl halides is 2. The number of aromatic nitrogens is 2. The summed E-state index contributed by atoms with van der Waals surface area (Å²) in [6.45, 7) is 6.65. The van der Waals surface area contributed by atoms with E-state index >= 15 is 0 Å². The fourth-order valence-corrected chi connectivity index (χ4v) is 3.28. The number of ether oxygens (including phenoxy) is 1. The molecule has 0 saturated heterocycles. The number of carbonyl (C=O) groups is 1. The SMILES string of the molecule is C/C(N=N)=C(\COc1cc2c(cn1)CN(C(=O)C(C)C)CC2)Nc1ccc(C(F)F)nc1. The third-order valence-electron chi connectivity index (χ3n) is 5.15. The molecule has 1 aliphatic heterocycles. The van der Waals surface area contributed by atoms with Gasteiger partial charge in [-0.25, -0.2) is 19.3 Å². The van der Waals surface area contributed by atoms with E-state index in [1.807, 2.05) is 24.8 Å². The van der Waals surface area contributed by atoms with Crippen molar-refractivity contribution in [2.45, 2.75) is 40.2 Å². The van der Waals surface area contributed by atoms with Gasteiger partial charge in [0.15, 0.2) is 0 Å². The second kappa shape index (κ2) is 10.3. The minimum Gasteiger partial charge on any atom is -0.471 e. The van der Waals surface area contributed by atoms with Gasteiger partial charge in [0.05, 0.1) is 23.3 Å². The van der Waals surface area contributed by atoms with E-state index in [2.05, 4.69) is 20.4 Å². The Bertz CT molecular complexity index is 1010. The predicted molar refractivity (Wildman–Crippen MR) is 114 cm³/mol. The first-order valence-corrected chi connectivity index (χ1v) is 10.3. The summed E-state index contributed by atoms with van der Waals surface area (Å²) in [5.41, 5.74) is 10.4. The number of anilines is 1. The third kappa shape index (κ3) is 5.63. The van der Waals surface area contributed by atoms with Gasteiger partial charge in [-0.2, -0.15) is 5.11 Å². The van der Waals surface area contributed by atoms with Gasteiger partial charge in [0.25, 0.3) is 6.43 Å². The number of halogens is 2. The summed E-state index contributed by atoms with van der Waals surface area (Å²) in [4.78, 5) is 22.1. The van der Waals surface area contributed by atoms with E-state index < -0.39 is 6.43 Å². The summed E-state index contributed by atoms with van der Waals surface area (Å²) < 4.78 is 31.2. The summed E-state index contributed by atoms with van der Waals surface area (Å²) in [5, 5.41) is 6.46. The van der Waals surface area contributed by atoms with Crippen LogP contribution in [-0.4, -0.2) is 33.9 Å². The maximum atomic E-state index is 12.7. The first-order valence-electron chi connectivity index (χ1n) is 10.3. The second-order valence-electron chi connectivity index (χ2n) is 7.82. The largest absolute Gasteiger partial charge is 0.471 e. The Labute approximate surface area is 185 Å². The lowest BCUT2D eigenvalue weighted by Gasteiger charge is -2.30. The normalized spacial score (nSPS) is 14.2. The van der Waals surface area contributed by atoms with Crippen LogP contribution in [0.4, 0.5) is 14.5 Å². The Kier molecular flexibility index (Phi) is 7.45. The van der Waals surface area contributed by atoms with Gasteiger partial charge in [0.1, 0.15) is 12.3 Å². The summed E-state index contributed by atoms with van der Waals surface area (Å²) in [7, 11) is 0. The molecule has 2 N–H and O–H groups in total. The van der Waals surface area contributed by atoms with Crippen molar-refractivity contribution < 1.29 is 18.3 Å². The monoisotopic (exact) mass is 444 g/mol. The average Bonchev–Trinajstić information content (AvgIpc) is 2.80. The summed E-state index contributed by atoms with van der Waals surface area (Å²) in [6.07, 6.45) is 1.09. The number of amides is 1. The Morgan fingerprint density at radius 3 is 2.69 bits per heavy atom.